The zero-order valence-corrected chi connectivity index (χ0v) is 16.8. The largest absolute Gasteiger partial charge is 0.352 e. The molecule has 1 amide bonds. The molecule has 0 aliphatic carbocycles. The summed E-state index contributed by atoms with van der Waals surface area (Å²) in [6.07, 6.45) is 0. The van der Waals surface area contributed by atoms with Crippen molar-refractivity contribution < 1.29 is 13.2 Å². The van der Waals surface area contributed by atoms with Crippen LogP contribution in [0.15, 0.2) is 41.3 Å². The minimum absolute atomic E-state index is 0.0252. The van der Waals surface area contributed by atoms with E-state index in [1.54, 1.807) is 38.1 Å². The van der Waals surface area contributed by atoms with Gasteiger partial charge in [0.15, 0.2) is 0 Å². The molecule has 0 aliphatic rings. The number of benzene rings is 2. The minimum atomic E-state index is -3.85. The molecule has 2 aromatic rings. The van der Waals surface area contributed by atoms with E-state index in [4.69, 9.17) is 11.6 Å². The van der Waals surface area contributed by atoms with Crippen molar-refractivity contribution in [3.8, 4) is 0 Å². The minimum Gasteiger partial charge on any atom is -0.352 e. The fraction of sp³-hybridized carbons (Fsp3) is 0.316. The Bertz CT molecular complexity index is 924. The molecule has 2 aromatic carbocycles. The van der Waals surface area contributed by atoms with E-state index in [1.165, 1.54) is 12.1 Å². The highest BCUT2D eigenvalue weighted by molar-refractivity contribution is 7.92. The molecule has 0 fully saturated rings. The summed E-state index contributed by atoms with van der Waals surface area (Å²) in [6.45, 7) is 8.06. The Morgan fingerprint density at radius 1 is 1.08 bits per heavy atom. The number of hydrogen-bond acceptors (Lipinski definition) is 3. The second kappa shape index (κ2) is 8.10. The molecule has 2 rings (SSSR count). The van der Waals surface area contributed by atoms with Gasteiger partial charge < -0.3 is 5.32 Å². The Balaban J connectivity index is 2.33. The number of rotatable bonds is 6. The monoisotopic (exact) mass is 394 g/mol. The molecule has 2 N–H and O–H groups in total. The maximum absolute atomic E-state index is 12.7. The number of halogens is 1. The van der Waals surface area contributed by atoms with Gasteiger partial charge in [0.1, 0.15) is 0 Å². The Morgan fingerprint density at radius 3 is 2.38 bits per heavy atom. The van der Waals surface area contributed by atoms with Crippen LogP contribution >= 0.6 is 11.6 Å². The van der Waals surface area contributed by atoms with Gasteiger partial charge in [0, 0.05) is 17.1 Å². The van der Waals surface area contributed by atoms with Gasteiger partial charge in [-0.05, 0) is 55.2 Å². The van der Waals surface area contributed by atoms with Crippen molar-refractivity contribution >= 4 is 33.2 Å². The molecule has 0 unspecified atom stereocenters. The molecule has 7 heteroatoms. The van der Waals surface area contributed by atoms with Crippen LogP contribution in [0.4, 0.5) is 5.69 Å². The number of nitrogens with one attached hydrogen (secondary N) is 2. The van der Waals surface area contributed by atoms with Crippen LogP contribution in [0.1, 0.15) is 35.3 Å². The average molecular weight is 395 g/mol. The summed E-state index contributed by atoms with van der Waals surface area (Å²) in [5, 5.41) is 3.25. The third-order valence-corrected chi connectivity index (χ3v) is 5.48. The van der Waals surface area contributed by atoms with Crippen LogP contribution in [0, 0.1) is 19.8 Å². The Kier molecular flexibility index (Phi) is 6.31. The Morgan fingerprint density at radius 2 is 1.73 bits per heavy atom. The molecule has 26 heavy (non-hydrogen) atoms. The summed E-state index contributed by atoms with van der Waals surface area (Å²) in [5.74, 6) is 0.0193. The van der Waals surface area contributed by atoms with Gasteiger partial charge in [-0.1, -0.05) is 37.6 Å². The topological polar surface area (TPSA) is 75.3 Å². The van der Waals surface area contributed by atoms with E-state index in [1.807, 2.05) is 13.8 Å². The molecule has 5 nitrogen and oxygen atoms in total. The highest BCUT2D eigenvalue weighted by Gasteiger charge is 2.19. The highest BCUT2D eigenvalue weighted by atomic mass is 35.5. The lowest BCUT2D eigenvalue weighted by Gasteiger charge is -2.14. The first kappa shape index (κ1) is 20.3. The second-order valence-electron chi connectivity index (χ2n) is 6.65. The SMILES string of the molecule is Cc1ccc(Cl)cc1NS(=O)(=O)c1ccc(C)c(C(=O)NCC(C)C)c1. The Hall–Kier alpha value is -2.05. The summed E-state index contributed by atoms with van der Waals surface area (Å²) < 4.78 is 28.0. The molecular formula is C19H23ClN2O3S. The number of hydrogen-bond donors (Lipinski definition) is 2. The van der Waals surface area contributed by atoms with Crippen LogP contribution < -0.4 is 10.0 Å². The van der Waals surface area contributed by atoms with Gasteiger partial charge in [0.25, 0.3) is 15.9 Å². The predicted octanol–water partition coefficient (Wildman–Crippen LogP) is 4.14. The summed E-state index contributed by atoms with van der Waals surface area (Å²) in [7, 11) is -3.85. The molecular weight excluding hydrogens is 372 g/mol. The van der Waals surface area contributed by atoms with Crippen molar-refractivity contribution in [2.45, 2.75) is 32.6 Å². The van der Waals surface area contributed by atoms with Gasteiger partial charge in [-0.3, -0.25) is 9.52 Å². The van der Waals surface area contributed by atoms with Crippen molar-refractivity contribution in [1.29, 1.82) is 0 Å². The van der Waals surface area contributed by atoms with E-state index in [0.29, 0.717) is 34.3 Å². The van der Waals surface area contributed by atoms with Crippen LogP contribution in [0.5, 0.6) is 0 Å². The second-order valence-corrected chi connectivity index (χ2v) is 8.76. The quantitative estimate of drug-likeness (QED) is 0.772. The number of amides is 1. The van der Waals surface area contributed by atoms with Gasteiger partial charge in [0.05, 0.1) is 10.6 Å². The Labute approximate surface area is 159 Å². The highest BCUT2D eigenvalue weighted by Crippen LogP contribution is 2.24. The first-order valence-electron chi connectivity index (χ1n) is 8.28. The lowest BCUT2D eigenvalue weighted by Crippen LogP contribution is -2.28. The molecule has 0 heterocycles. The molecule has 0 radical (unpaired) electrons. The first-order chi connectivity index (χ1) is 12.1. The lowest BCUT2D eigenvalue weighted by atomic mass is 10.1. The maximum Gasteiger partial charge on any atom is 0.261 e. The molecule has 0 atom stereocenters. The van der Waals surface area contributed by atoms with Crippen LogP contribution in [0.2, 0.25) is 5.02 Å². The van der Waals surface area contributed by atoms with E-state index in [0.717, 1.165) is 5.56 Å². The maximum atomic E-state index is 12.7. The molecule has 0 saturated carbocycles. The van der Waals surface area contributed by atoms with Gasteiger partial charge in [-0.25, -0.2) is 8.42 Å². The van der Waals surface area contributed by atoms with E-state index >= 15 is 0 Å². The molecule has 0 saturated heterocycles. The van der Waals surface area contributed by atoms with E-state index in [2.05, 4.69) is 10.0 Å². The zero-order chi connectivity index (χ0) is 19.5. The van der Waals surface area contributed by atoms with Gasteiger partial charge in [0.2, 0.25) is 0 Å². The van der Waals surface area contributed by atoms with Gasteiger partial charge in [-0.15, -0.1) is 0 Å². The third-order valence-electron chi connectivity index (χ3n) is 3.88. The van der Waals surface area contributed by atoms with Crippen LogP contribution in [0.3, 0.4) is 0 Å². The standard InChI is InChI=1S/C19H23ClN2O3S/c1-12(2)11-21-19(23)17-10-16(8-6-13(17)3)26(24,25)22-18-9-15(20)7-5-14(18)4/h5-10,12,22H,11H2,1-4H3,(H,21,23). The van der Waals surface area contributed by atoms with Crippen LogP contribution in [-0.4, -0.2) is 20.9 Å². The van der Waals surface area contributed by atoms with Crippen molar-refractivity contribution in [2.75, 3.05) is 11.3 Å². The summed E-state index contributed by atoms with van der Waals surface area (Å²) in [5.41, 5.74) is 2.21. The first-order valence-corrected chi connectivity index (χ1v) is 10.1. The fourth-order valence-corrected chi connectivity index (χ4v) is 3.63. The molecule has 140 valence electrons. The lowest BCUT2D eigenvalue weighted by molar-refractivity contribution is 0.0948. The molecule has 0 aliphatic heterocycles. The normalized spacial score (nSPS) is 11.5. The van der Waals surface area contributed by atoms with Crippen LogP contribution in [0.25, 0.3) is 0 Å². The number of aryl methyl sites for hydroxylation is 2. The fourth-order valence-electron chi connectivity index (χ4n) is 2.31. The van der Waals surface area contributed by atoms with Crippen LogP contribution in [-0.2, 0) is 10.0 Å². The molecule has 0 spiro atoms. The average Bonchev–Trinajstić information content (AvgIpc) is 2.56. The van der Waals surface area contributed by atoms with E-state index in [-0.39, 0.29) is 10.8 Å². The van der Waals surface area contributed by atoms with Crippen molar-refractivity contribution in [3.63, 3.8) is 0 Å². The number of sulfonamides is 1. The van der Waals surface area contributed by atoms with Crippen molar-refractivity contribution in [3.05, 3.63) is 58.1 Å². The zero-order valence-electron chi connectivity index (χ0n) is 15.3. The van der Waals surface area contributed by atoms with Gasteiger partial charge in [-0.2, -0.15) is 0 Å². The predicted molar refractivity (Wildman–Crippen MR) is 105 cm³/mol. The third kappa shape index (κ3) is 4.99. The molecule has 0 bridgehead atoms. The van der Waals surface area contributed by atoms with Crippen molar-refractivity contribution in [2.24, 2.45) is 5.92 Å². The summed E-state index contributed by atoms with van der Waals surface area (Å²) >= 11 is 5.95. The van der Waals surface area contributed by atoms with E-state index < -0.39 is 10.0 Å². The number of carbonyl (C=O) groups is 1. The molecule has 0 aromatic heterocycles. The summed E-state index contributed by atoms with van der Waals surface area (Å²) in [6, 6.07) is 9.49. The van der Waals surface area contributed by atoms with Crippen molar-refractivity contribution in [1.82, 2.24) is 5.32 Å². The number of carbonyl (C=O) groups excluding carboxylic acids is 1. The van der Waals surface area contributed by atoms with Gasteiger partial charge >= 0.3 is 0 Å². The van der Waals surface area contributed by atoms with E-state index in [9.17, 15) is 13.2 Å². The number of anilines is 1. The summed E-state index contributed by atoms with van der Waals surface area (Å²) in [4.78, 5) is 12.4. The smallest absolute Gasteiger partial charge is 0.261 e.